The molecule has 0 amide bonds. The van der Waals surface area contributed by atoms with Crippen LogP contribution in [0.1, 0.15) is 31.0 Å². The van der Waals surface area contributed by atoms with Gasteiger partial charge in [-0.2, -0.15) is 0 Å². The number of nitrogens with zero attached hydrogens (tertiary/aromatic N) is 1. The summed E-state index contributed by atoms with van der Waals surface area (Å²) in [5.74, 6) is -1.83. The summed E-state index contributed by atoms with van der Waals surface area (Å²) >= 11 is 0. The molecule has 2 aromatic carbocycles. The van der Waals surface area contributed by atoms with Crippen LogP contribution in [0.5, 0.6) is 0 Å². The number of sulfonamides is 1. The highest BCUT2D eigenvalue weighted by Gasteiger charge is 2.22. The van der Waals surface area contributed by atoms with Crippen LogP contribution in [0.4, 0.5) is 14.5 Å². The zero-order valence-electron chi connectivity index (χ0n) is 15.0. The molecule has 0 fully saturated rings. The molecule has 1 N–H and O–H groups in total. The van der Waals surface area contributed by atoms with Crippen LogP contribution in [0, 0.1) is 18.6 Å². The molecule has 1 aromatic heterocycles. The van der Waals surface area contributed by atoms with Crippen LogP contribution >= 0.6 is 0 Å². The minimum Gasteiger partial charge on any atom is -0.356 e. The van der Waals surface area contributed by atoms with Gasteiger partial charge in [-0.1, -0.05) is 31.1 Å². The SMILES string of the molecule is Cc1cc(-c2ccc(C(C)C)c(S(=O)(=O)Nc3ccc(F)c(F)c3)c2)on1. The Kier molecular flexibility index (Phi) is 5.01. The molecule has 8 heteroatoms. The van der Waals surface area contributed by atoms with Gasteiger partial charge in [-0.3, -0.25) is 4.72 Å². The van der Waals surface area contributed by atoms with Gasteiger partial charge in [0.15, 0.2) is 17.4 Å². The molecule has 5 nitrogen and oxygen atoms in total. The van der Waals surface area contributed by atoms with Crippen LogP contribution in [0.15, 0.2) is 51.9 Å². The van der Waals surface area contributed by atoms with Gasteiger partial charge in [0.2, 0.25) is 0 Å². The smallest absolute Gasteiger partial charge is 0.262 e. The Labute approximate surface area is 156 Å². The van der Waals surface area contributed by atoms with Gasteiger partial charge in [0.25, 0.3) is 10.0 Å². The molecule has 142 valence electrons. The molecule has 0 radical (unpaired) electrons. The second-order valence-electron chi connectivity index (χ2n) is 6.47. The number of halogens is 2. The Morgan fingerprint density at radius 2 is 1.78 bits per heavy atom. The van der Waals surface area contributed by atoms with Gasteiger partial charge in [-0.25, -0.2) is 17.2 Å². The average molecular weight is 392 g/mol. The van der Waals surface area contributed by atoms with E-state index in [0.29, 0.717) is 22.6 Å². The number of hydrogen-bond acceptors (Lipinski definition) is 4. The maximum absolute atomic E-state index is 13.4. The molecule has 0 saturated carbocycles. The van der Waals surface area contributed by atoms with Gasteiger partial charge in [-0.05, 0) is 36.6 Å². The van der Waals surface area contributed by atoms with E-state index in [1.54, 1.807) is 25.1 Å². The lowest BCUT2D eigenvalue weighted by Gasteiger charge is -2.16. The molecular weight excluding hydrogens is 374 g/mol. The molecule has 3 rings (SSSR count). The molecule has 1 heterocycles. The topological polar surface area (TPSA) is 72.2 Å². The molecular formula is C19H18F2N2O3S. The van der Waals surface area contributed by atoms with E-state index in [0.717, 1.165) is 18.2 Å². The van der Waals surface area contributed by atoms with E-state index in [9.17, 15) is 17.2 Å². The summed E-state index contributed by atoms with van der Waals surface area (Å²) in [6.45, 7) is 5.49. The van der Waals surface area contributed by atoms with Crippen LogP contribution < -0.4 is 4.72 Å². The van der Waals surface area contributed by atoms with E-state index in [4.69, 9.17) is 4.52 Å². The first-order valence-electron chi connectivity index (χ1n) is 8.23. The first kappa shape index (κ1) is 19.0. The van der Waals surface area contributed by atoms with Gasteiger partial charge in [-0.15, -0.1) is 0 Å². The quantitative estimate of drug-likeness (QED) is 0.674. The Balaban J connectivity index is 2.07. The largest absolute Gasteiger partial charge is 0.356 e. The van der Waals surface area contributed by atoms with Crippen molar-refractivity contribution in [3.05, 3.63) is 65.4 Å². The summed E-state index contributed by atoms with van der Waals surface area (Å²) < 4.78 is 59.9. The summed E-state index contributed by atoms with van der Waals surface area (Å²) in [5.41, 5.74) is 1.74. The van der Waals surface area contributed by atoms with Crippen LogP contribution in [0.3, 0.4) is 0 Å². The summed E-state index contributed by atoms with van der Waals surface area (Å²) in [6, 6.07) is 9.47. The van der Waals surface area contributed by atoms with Crippen molar-refractivity contribution in [2.45, 2.75) is 31.6 Å². The van der Waals surface area contributed by atoms with Crippen LogP contribution in [0.25, 0.3) is 11.3 Å². The van der Waals surface area contributed by atoms with Crippen molar-refractivity contribution < 1.29 is 21.7 Å². The number of rotatable bonds is 5. The third-order valence-electron chi connectivity index (χ3n) is 4.01. The van der Waals surface area contributed by atoms with Crippen LogP contribution in [0.2, 0.25) is 0 Å². The van der Waals surface area contributed by atoms with Crippen molar-refractivity contribution >= 4 is 15.7 Å². The maximum Gasteiger partial charge on any atom is 0.262 e. The molecule has 0 aliphatic carbocycles. The zero-order valence-corrected chi connectivity index (χ0v) is 15.8. The highest BCUT2D eigenvalue weighted by atomic mass is 32.2. The van der Waals surface area contributed by atoms with Crippen molar-refractivity contribution in [3.8, 4) is 11.3 Å². The molecule has 0 aliphatic heterocycles. The number of anilines is 1. The van der Waals surface area contributed by atoms with E-state index in [1.165, 1.54) is 6.07 Å². The lowest BCUT2D eigenvalue weighted by Crippen LogP contribution is -2.16. The molecule has 3 aromatic rings. The first-order valence-corrected chi connectivity index (χ1v) is 9.71. The standard InChI is InChI=1S/C19H18F2N2O3S/c1-11(2)15-6-4-13(18-8-12(3)22-26-18)9-19(15)27(24,25)23-14-5-7-16(20)17(21)10-14/h4-11,23H,1-3H3. The van der Waals surface area contributed by atoms with Crippen molar-refractivity contribution in [1.29, 1.82) is 0 Å². The highest BCUT2D eigenvalue weighted by molar-refractivity contribution is 7.92. The molecule has 0 bridgehead atoms. The molecule has 0 spiro atoms. The average Bonchev–Trinajstić information content (AvgIpc) is 3.04. The lowest BCUT2D eigenvalue weighted by atomic mass is 10.0. The predicted molar refractivity (Wildman–Crippen MR) is 97.9 cm³/mol. The fourth-order valence-electron chi connectivity index (χ4n) is 2.67. The molecule has 0 atom stereocenters. The van der Waals surface area contributed by atoms with Crippen molar-refractivity contribution in [2.75, 3.05) is 4.72 Å². The van der Waals surface area contributed by atoms with E-state index >= 15 is 0 Å². The predicted octanol–water partition coefficient (Wildman–Crippen LogP) is 4.85. The highest BCUT2D eigenvalue weighted by Crippen LogP contribution is 2.31. The fraction of sp³-hybridized carbons (Fsp3) is 0.211. The Hall–Kier alpha value is -2.74. The number of nitrogens with one attached hydrogen (secondary N) is 1. The van der Waals surface area contributed by atoms with E-state index in [2.05, 4.69) is 9.88 Å². The van der Waals surface area contributed by atoms with Gasteiger partial charge < -0.3 is 4.52 Å². The Bertz CT molecular complexity index is 1090. The lowest BCUT2D eigenvalue weighted by molar-refractivity contribution is 0.427. The monoisotopic (exact) mass is 392 g/mol. The number of aryl methyl sites for hydroxylation is 1. The minimum absolute atomic E-state index is 0.0359. The third-order valence-corrected chi connectivity index (χ3v) is 5.45. The van der Waals surface area contributed by atoms with E-state index in [1.807, 2.05) is 13.8 Å². The molecule has 0 aliphatic rings. The van der Waals surface area contributed by atoms with Gasteiger partial charge >= 0.3 is 0 Å². The third kappa shape index (κ3) is 4.00. The second-order valence-corrected chi connectivity index (χ2v) is 8.13. The summed E-state index contributed by atoms with van der Waals surface area (Å²) in [6.07, 6.45) is 0. The normalized spacial score (nSPS) is 11.8. The van der Waals surface area contributed by atoms with Crippen LogP contribution in [-0.4, -0.2) is 13.6 Å². The molecule has 27 heavy (non-hydrogen) atoms. The second kappa shape index (κ2) is 7.11. The van der Waals surface area contributed by atoms with Gasteiger partial charge in [0.05, 0.1) is 16.3 Å². The van der Waals surface area contributed by atoms with E-state index < -0.39 is 21.7 Å². The van der Waals surface area contributed by atoms with Crippen molar-refractivity contribution in [1.82, 2.24) is 5.16 Å². The van der Waals surface area contributed by atoms with Crippen molar-refractivity contribution in [3.63, 3.8) is 0 Å². The number of aromatic nitrogens is 1. The Morgan fingerprint density at radius 1 is 1.04 bits per heavy atom. The first-order chi connectivity index (χ1) is 12.7. The maximum atomic E-state index is 13.4. The zero-order chi connectivity index (χ0) is 19.8. The van der Waals surface area contributed by atoms with Gasteiger partial charge in [0, 0.05) is 17.7 Å². The summed E-state index contributed by atoms with van der Waals surface area (Å²) in [5, 5.41) is 3.81. The van der Waals surface area contributed by atoms with Gasteiger partial charge in [0.1, 0.15) is 0 Å². The molecule has 0 unspecified atom stereocenters. The Morgan fingerprint density at radius 3 is 2.37 bits per heavy atom. The number of benzene rings is 2. The number of hydrogen-bond donors (Lipinski definition) is 1. The van der Waals surface area contributed by atoms with E-state index in [-0.39, 0.29) is 16.5 Å². The summed E-state index contributed by atoms with van der Waals surface area (Å²) in [4.78, 5) is 0.0359. The van der Waals surface area contributed by atoms with Crippen molar-refractivity contribution in [2.24, 2.45) is 0 Å². The fourth-order valence-corrected chi connectivity index (χ4v) is 4.11. The summed E-state index contributed by atoms with van der Waals surface area (Å²) in [7, 11) is -4.04. The minimum atomic E-state index is -4.04. The molecule has 0 saturated heterocycles. The van der Waals surface area contributed by atoms with Crippen LogP contribution in [-0.2, 0) is 10.0 Å².